The third kappa shape index (κ3) is 5.02. The van der Waals surface area contributed by atoms with Gasteiger partial charge in [-0.15, -0.1) is 0 Å². The number of nitrogens with zero attached hydrogens (tertiary/aromatic N) is 1. The van der Waals surface area contributed by atoms with E-state index in [0.29, 0.717) is 18.2 Å². The second kappa shape index (κ2) is 6.73. The first kappa shape index (κ1) is 18.5. The molecular formula is C14H9F6NO2. The molecule has 0 bridgehead atoms. The minimum atomic E-state index is -5.01. The van der Waals surface area contributed by atoms with Crippen molar-refractivity contribution in [3.63, 3.8) is 0 Å². The zero-order valence-corrected chi connectivity index (χ0v) is 11.5. The predicted molar refractivity (Wildman–Crippen MR) is 66.7 cm³/mol. The zero-order chi connectivity index (χ0) is 17.8. The molecule has 0 aliphatic rings. The Bertz CT molecular complexity index is 635. The van der Waals surface area contributed by atoms with Crippen LogP contribution in [0.15, 0.2) is 23.8 Å². The molecule has 0 amide bonds. The monoisotopic (exact) mass is 337 g/mol. The molecule has 0 unspecified atom stereocenters. The molecule has 0 N–H and O–H groups in total. The van der Waals surface area contributed by atoms with Gasteiger partial charge in [-0.3, -0.25) is 0 Å². The Morgan fingerprint density at radius 1 is 1.13 bits per heavy atom. The van der Waals surface area contributed by atoms with Gasteiger partial charge < -0.3 is 4.74 Å². The second-order valence-electron chi connectivity index (χ2n) is 4.23. The van der Waals surface area contributed by atoms with Gasteiger partial charge in [0.05, 0.1) is 17.7 Å². The Balaban J connectivity index is 3.47. The molecule has 23 heavy (non-hydrogen) atoms. The van der Waals surface area contributed by atoms with E-state index in [1.807, 2.05) is 0 Å². The summed E-state index contributed by atoms with van der Waals surface area (Å²) in [4.78, 5) is 11.4. The zero-order valence-electron chi connectivity index (χ0n) is 11.5. The van der Waals surface area contributed by atoms with E-state index < -0.39 is 40.6 Å². The van der Waals surface area contributed by atoms with E-state index in [4.69, 9.17) is 5.26 Å². The minimum absolute atomic E-state index is 0.0479. The first-order valence-electron chi connectivity index (χ1n) is 6.07. The van der Waals surface area contributed by atoms with Gasteiger partial charge >= 0.3 is 18.3 Å². The third-order valence-corrected chi connectivity index (χ3v) is 2.54. The average molecular weight is 337 g/mol. The summed E-state index contributed by atoms with van der Waals surface area (Å²) in [6.07, 6.45) is -9.41. The van der Waals surface area contributed by atoms with Gasteiger partial charge in [0.2, 0.25) is 0 Å². The van der Waals surface area contributed by atoms with Crippen molar-refractivity contribution in [1.29, 1.82) is 5.26 Å². The van der Waals surface area contributed by atoms with E-state index in [2.05, 4.69) is 4.74 Å². The van der Waals surface area contributed by atoms with Crippen molar-refractivity contribution in [2.24, 2.45) is 0 Å². The molecule has 9 heteroatoms. The van der Waals surface area contributed by atoms with E-state index in [0.717, 1.165) is 0 Å². The van der Waals surface area contributed by atoms with Gasteiger partial charge in [0.1, 0.15) is 11.6 Å². The van der Waals surface area contributed by atoms with E-state index >= 15 is 0 Å². The lowest BCUT2D eigenvalue weighted by Crippen LogP contribution is -2.11. The van der Waals surface area contributed by atoms with E-state index in [1.165, 1.54) is 13.0 Å². The van der Waals surface area contributed by atoms with Crippen molar-refractivity contribution in [3.8, 4) is 6.07 Å². The van der Waals surface area contributed by atoms with Crippen LogP contribution in [-0.2, 0) is 21.9 Å². The molecule has 0 atom stereocenters. The smallest absolute Gasteiger partial charge is 0.416 e. The Morgan fingerprint density at radius 2 is 1.61 bits per heavy atom. The van der Waals surface area contributed by atoms with Gasteiger partial charge in [0, 0.05) is 0 Å². The van der Waals surface area contributed by atoms with Crippen LogP contribution < -0.4 is 0 Å². The Morgan fingerprint density at radius 3 is 1.96 bits per heavy atom. The van der Waals surface area contributed by atoms with Gasteiger partial charge in [-0.1, -0.05) is 0 Å². The summed E-state index contributed by atoms with van der Waals surface area (Å²) in [7, 11) is 0. The predicted octanol–water partition coefficient (Wildman–Crippen LogP) is 4.19. The van der Waals surface area contributed by atoms with Crippen LogP contribution in [0.3, 0.4) is 0 Å². The summed E-state index contributed by atoms with van der Waals surface area (Å²) in [5.41, 5.74) is -4.38. The van der Waals surface area contributed by atoms with Crippen LogP contribution in [0.25, 0.3) is 6.08 Å². The molecule has 0 fully saturated rings. The van der Waals surface area contributed by atoms with E-state index in [-0.39, 0.29) is 12.7 Å². The van der Waals surface area contributed by atoms with Gasteiger partial charge in [-0.2, -0.15) is 31.6 Å². The number of ether oxygens (including phenoxy) is 1. The Labute approximate surface area is 126 Å². The highest BCUT2D eigenvalue weighted by Crippen LogP contribution is 2.36. The number of esters is 1. The standard InChI is InChI=1S/C14H9F6NO2/c1-2-23-12(22)9(7-21)3-8-4-10(13(15,16)17)6-11(5-8)14(18,19)20/h3-6H,2H2,1H3/b9-3+. The molecule has 124 valence electrons. The first-order valence-corrected chi connectivity index (χ1v) is 6.07. The largest absolute Gasteiger partial charge is 0.462 e. The number of halogens is 6. The highest BCUT2D eigenvalue weighted by molar-refractivity contribution is 5.97. The molecular weight excluding hydrogens is 328 g/mol. The molecule has 0 saturated carbocycles. The molecule has 0 heterocycles. The molecule has 0 aliphatic carbocycles. The normalized spacial score (nSPS) is 12.7. The van der Waals surface area contributed by atoms with E-state index in [1.54, 1.807) is 0 Å². The second-order valence-corrected chi connectivity index (χ2v) is 4.23. The number of rotatable bonds is 3. The molecule has 1 aromatic rings. The van der Waals surface area contributed by atoms with Gasteiger partial charge in [0.15, 0.2) is 0 Å². The van der Waals surface area contributed by atoms with Gasteiger partial charge in [-0.25, -0.2) is 4.79 Å². The fourth-order valence-corrected chi connectivity index (χ4v) is 1.57. The first-order chi connectivity index (χ1) is 10.5. The fourth-order valence-electron chi connectivity index (χ4n) is 1.57. The molecule has 0 saturated heterocycles. The number of hydrogen-bond donors (Lipinski definition) is 0. The number of carbonyl (C=O) groups is 1. The summed E-state index contributed by atoms with van der Waals surface area (Å²) in [5, 5.41) is 8.78. The summed E-state index contributed by atoms with van der Waals surface area (Å²) in [6, 6.07) is 2.14. The van der Waals surface area contributed by atoms with Gasteiger partial charge in [-0.05, 0) is 36.8 Å². The summed E-state index contributed by atoms with van der Waals surface area (Å²) >= 11 is 0. The number of nitriles is 1. The number of hydrogen-bond acceptors (Lipinski definition) is 3. The molecule has 0 aliphatic heterocycles. The lowest BCUT2D eigenvalue weighted by molar-refractivity contribution is -0.143. The lowest BCUT2D eigenvalue weighted by atomic mass is 10.0. The molecule has 0 radical (unpaired) electrons. The molecule has 1 rings (SSSR count). The average Bonchev–Trinajstić information content (AvgIpc) is 2.42. The third-order valence-electron chi connectivity index (χ3n) is 2.54. The Kier molecular flexibility index (Phi) is 5.42. The maximum absolute atomic E-state index is 12.7. The quantitative estimate of drug-likeness (QED) is 0.360. The summed E-state index contributed by atoms with van der Waals surface area (Å²) in [5.74, 6) is -1.14. The number of alkyl halides is 6. The van der Waals surface area contributed by atoms with E-state index in [9.17, 15) is 31.1 Å². The van der Waals surface area contributed by atoms with Crippen LogP contribution >= 0.6 is 0 Å². The minimum Gasteiger partial charge on any atom is -0.462 e. The van der Waals surface area contributed by atoms with Crippen molar-refractivity contribution in [2.75, 3.05) is 6.61 Å². The highest BCUT2D eigenvalue weighted by Gasteiger charge is 2.36. The Hall–Kier alpha value is -2.50. The highest BCUT2D eigenvalue weighted by atomic mass is 19.4. The van der Waals surface area contributed by atoms with Crippen LogP contribution in [0.5, 0.6) is 0 Å². The molecule has 0 aromatic heterocycles. The summed E-state index contributed by atoms with van der Waals surface area (Å²) in [6.45, 7) is 1.33. The van der Waals surface area contributed by atoms with Crippen LogP contribution in [0.1, 0.15) is 23.6 Å². The molecule has 1 aromatic carbocycles. The van der Waals surface area contributed by atoms with Crippen LogP contribution in [0.2, 0.25) is 0 Å². The van der Waals surface area contributed by atoms with Crippen molar-refractivity contribution in [3.05, 3.63) is 40.5 Å². The molecule has 0 spiro atoms. The molecule has 3 nitrogen and oxygen atoms in total. The SMILES string of the molecule is CCOC(=O)/C(C#N)=C/c1cc(C(F)(F)F)cc(C(F)(F)F)c1. The number of benzene rings is 1. The maximum atomic E-state index is 12.7. The summed E-state index contributed by atoms with van der Waals surface area (Å²) < 4.78 is 80.6. The van der Waals surface area contributed by atoms with Crippen LogP contribution in [0, 0.1) is 11.3 Å². The number of carbonyl (C=O) groups excluding carboxylic acids is 1. The van der Waals surface area contributed by atoms with Crippen molar-refractivity contribution >= 4 is 12.0 Å². The van der Waals surface area contributed by atoms with Crippen molar-refractivity contribution in [2.45, 2.75) is 19.3 Å². The topological polar surface area (TPSA) is 50.1 Å². The fraction of sp³-hybridized carbons (Fsp3) is 0.286. The van der Waals surface area contributed by atoms with Crippen LogP contribution in [0.4, 0.5) is 26.3 Å². The van der Waals surface area contributed by atoms with Crippen molar-refractivity contribution in [1.82, 2.24) is 0 Å². The lowest BCUT2D eigenvalue weighted by Gasteiger charge is -2.13. The van der Waals surface area contributed by atoms with Crippen LogP contribution in [-0.4, -0.2) is 12.6 Å². The maximum Gasteiger partial charge on any atom is 0.416 e. The van der Waals surface area contributed by atoms with Gasteiger partial charge in [0.25, 0.3) is 0 Å². The van der Waals surface area contributed by atoms with Crippen molar-refractivity contribution < 1.29 is 35.9 Å².